The van der Waals surface area contributed by atoms with Crippen LogP contribution in [-0.4, -0.2) is 5.97 Å². The van der Waals surface area contributed by atoms with Gasteiger partial charge < -0.3 is 10.1 Å². The van der Waals surface area contributed by atoms with Crippen molar-refractivity contribution in [1.29, 1.82) is 5.26 Å². The van der Waals surface area contributed by atoms with Gasteiger partial charge in [0, 0.05) is 16.9 Å². The van der Waals surface area contributed by atoms with Gasteiger partial charge in [0.25, 0.3) is 0 Å². The average molecular weight is 415 g/mol. The highest BCUT2D eigenvalue weighted by Crippen LogP contribution is 2.60. The van der Waals surface area contributed by atoms with Gasteiger partial charge in [-0.1, -0.05) is 67.4 Å². The Kier molecular flexibility index (Phi) is 5.98. The molecular weight excluding hydrogens is 395 g/mol. The number of nitrogens with one attached hydrogen (secondary N) is 1. The predicted molar refractivity (Wildman–Crippen MR) is 111 cm³/mol. The number of rotatable bonds is 6. The molecular formula is C22H20Cl2N2O2. The first kappa shape index (κ1) is 20.3. The summed E-state index contributed by atoms with van der Waals surface area (Å²) in [6, 6.07) is 19.0. The van der Waals surface area contributed by atoms with E-state index in [9.17, 15) is 10.1 Å². The molecule has 144 valence electrons. The summed E-state index contributed by atoms with van der Waals surface area (Å²) >= 11 is 11.5. The van der Waals surface area contributed by atoms with Crippen molar-refractivity contribution >= 4 is 40.5 Å². The van der Waals surface area contributed by atoms with Crippen molar-refractivity contribution in [2.24, 2.45) is 17.3 Å². The zero-order valence-electron chi connectivity index (χ0n) is 15.5. The molecule has 3 atom stereocenters. The molecule has 1 unspecified atom stereocenters. The number of benzene rings is 2. The lowest BCUT2D eigenvalue weighted by molar-refractivity contribution is -0.149. The number of anilines is 2. The van der Waals surface area contributed by atoms with Crippen LogP contribution in [-0.2, 0) is 9.53 Å². The molecule has 3 rings (SSSR count). The van der Waals surface area contributed by atoms with Gasteiger partial charge in [-0.15, -0.1) is 0 Å². The van der Waals surface area contributed by atoms with Gasteiger partial charge in [-0.2, -0.15) is 5.26 Å². The average Bonchev–Trinajstić information content (AvgIpc) is 3.20. The first-order valence-corrected chi connectivity index (χ1v) is 9.63. The molecule has 2 aromatic carbocycles. The van der Waals surface area contributed by atoms with Crippen molar-refractivity contribution in [3.8, 4) is 6.07 Å². The van der Waals surface area contributed by atoms with Gasteiger partial charge in [-0.3, -0.25) is 4.79 Å². The number of para-hydroxylation sites is 1. The number of nitrogens with zero attached hydrogens (tertiary/aromatic N) is 1. The monoisotopic (exact) mass is 414 g/mol. The number of nitriles is 1. The molecule has 0 aliphatic heterocycles. The Morgan fingerprint density at radius 1 is 1.18 bits per heavy atom. The molecule has 0 bridgehead atoms. The van der Waals surface area contributed by atoms with Gasteiger partial charge in [0.1, 0.15) is 10.6 Å². The number of carbonyl (C=O) groups excluding carboxylic acids is 1. The van der Waals surface area contributed by atoms with Gasteiger partial charge >= 0.3 is 5.97 Å². The third-order valence-electron chi connectivity index (χ3n) is 5.07. The van der Waals surface area contributed by atoms with Crippen LogP contribution in [0.3, 0.4) is 0 Å². The Hall–Kier alpha value is -2.48. The van der Waals surface area contributed by atoms with Crippen LogP contribution in [0, 0.1) is 28.6 Å². The Morgan fingerprint density at radius 2 is 1.86 bits per heavy atom. The van der Waals surface area contributed by atoms with E-state index in [0.717, 1.165) is 11.4 Å². The molecule has 0 heterocycles. The van der Waals surface area contributed by atoms with E-state index >= 15 is 0 Å². The van der Waals surface area contributed by atoms with Gasteiger partial charge in [-0.25, -0.2) is 0 Å². The summed E-state index contributed by atoms with van der Waals surface area (Å²) in [6.45, 7) is 3.89. The van der Waals surface area contributed by atoms with Crippen molar-refractivity contribution in [3.05, 3.63) is 70.7 Å². The lowest BCUT2D eigenvalue weighted by Gasteiger charge is -2.14. The molecule has 28 heavy (non-hydrogen) atoms. The maximum absolute atomic E-state index is 12.6. The van der Waals surface area contributed by atoms with Crippen LogP contribution in [0.15, 0.2) is 65.2 Å². The summed E-state index contributed by atoms with van der Waals surface area (Å²) in [5.74, 6) is -0.897. The van der Waals surface area contributed by atoms with Crippen LogP contribution in [0.2, 0.25) is 0 Å². The molecule has 1 aliphatic carbocycles. The topological polar surface area (TPSA) is 62.1 Å². The Bertz CT molecular complexity index is 931. The highest BCUT2D eigenvalue weighted by molar-refractivity contribution is 6.55. The zero-order valence-corrected chi connectivity index (χ0v) is 17.0. The summed E-state index contributed by atoms with van der Waals surface area (Å²) in [5.41, 5.74) is 2.04. The third-order valence-corrected chi connectivity index (χ3v) is 5.33. The summed E-state index contributed by atoms with van der Waals surface area (Å²) in [4.78, 5) is 12.6. The van der Waals surface area contributed by atoms with Crippen LogP contribution in [0.1, 0.15) is 25.5 Å². The zero-order chi connectivity index (χ0) is 20.3. The van der Waals surface area contributed by atoms with Gasteiger partial charge in [0.2, 0.25) is 6.10 Å². The van der Waals surface area contributed by atoms with E-state index < -0.39 is 12.1 Å². The molecule has 4 nitrogen and oxygen atoms in total. The lowest BCUT2D eigenvalue weighted by atomic mass is 10.1. The SMILES string of the molecule is CC1(C)[C@H](C=C(Cl)Cl)[C@H]1C(=O)OC(C#N)c1cccc(Nc2ccccc2)c1. The predicted octanol–water partition coefficient (Wildman–Crippen LogP) is 6.13. The van der Waals surface area contributed by atoms with Gasteiger partial charge in [0.15, 0.2) is 0 Å². The summed E-state index contributed by atoms with van der Waals surface area (Å²) in [7, 11) is 0. The minimum Gasteiger partial charge on any atom is -0.442 e. The number of carbonyl (C=O) groups is 1. The normalized spacial score (nSPS) is 20.4. The molecule has 1 saturated carbocycles. The number of hydrogen-bond acceptors (Lipinski definition) is 4. The molecule has 0 aromatic heterocycles. The molecule has 1 N–H and O–H groups in total. The third kappa shape index (κ3) is 4.49. The van der Waals surface area contributed by atoms with E-state index in [1.165, 1.54) is 0 Å². The number of esters is 1. The lowest BCUT2D eigenvalue weighted by Crippen LogP contribution is -2.14. The summed E-state index contributed by atoms with van der Waals surface area (Å²) in [5, 5.41) is 12.8. The number of hydrogen-bond donors (Lipinski definition) is 1. The molecule has 2 aromatic rings. The molecule has 0 saturated heterocycles. The van der Waals surface area contributed by atoms with Crippen molar-refractivity contribution in [2.45, 2.75) is 20.0 Å². The molecule has 1 fully saturated rings. The smallest absolute Gasteiger partial charge is 0.311 e. The van der Waals surface area contributed by atoms with Crippen LogP contribution in [0.4, 0.5) is 11.4 Å². The molecule has 1 aliphatic rings. The number of ether oxygens (including phenoxy) is 1. The first-order valence-electron chi connectivity index (χ1n) is 8.88. The minimum atomic E-state index is -0.988. The van der Waals surface area contributed by atoms with E-state index in [-0.39, 0.29) is 21.7 Å². The van der Waals surface area contributed by atoms with Crippen LogP contribution in [0.25, 0.3) is 0 Å². The largest absolute Gasteiger partial charge is 0.442 e. The van der Waals surface area contributed by atoms with Crippen LogP contribution in [0.5, 0.6) is 0 Å². The van der Waals surface area contributed by atoms with E-state index in [1.807, 2.05) is 56.3 Å². The Labute approximate surface area is 174 Å². The van der Waals surface area contributed by atoms with Gasteiger partial charge in [-0.05, 0) is 41.7 Å². The van der Waals surface area contributed by atoms with Crippen molar-refractivity contribution in [3.63, 3.8) is 0 Å². The highest BCUT2D eigenvalue weighted by Gasteiger charge is 2.62. The molecule has 0 radical (unpaired) electrons. The van der Waals surface area contributed by atoms with Gasteiger partial charge in [0.05, 0.1) is 5.92 Å². The summed E-state index contributed by atoms with van der Waals surface area (Å²) < 4.78 is 5.65. The number of halogens is 2. The van der Waals surface area contributed by atoms with E-state index in [4.69, 9.17) is 27.9 Å². The standard InChI is InChI=1S/C22H20Cl2N2O2/c1-22(2)17(12-19(23)24)20(22)21(27)28-18(13-25)14-7-6-10-16(11-14)26-15-8-4-3-5-9-15/h3-12,17-18,20,26H,1-2H3/t17-,18?,20+/m1/s1. The van der Waals surface area contributed by atoms with Crippen molar-refractivity contribution < 1.29 is 9.53 Å². The fourth-order valence-corrected chi connectivity index (χ4v) is 3.67. The van der Waals surface area contributed by atoms with Crippen LogP contribution >= 0.6 is 23.2 Å². The second-order valence-corrected chi connectivity index (χ2v) is 8.35. The fraction of sp³-hybridized carbons (Fsp3) is 0.273. The minimum absolute atomic E-state index is 0.101. The van der Waals surface area contributed by atoms with Crippen molar-refractivity contribution in [2.75, 3.05) is 5.32 Å². The summed E-state index contributed by atoms with van der Waals surface area (Å²) in [6.07, 6.45) is 0.665. The quantitative estimate of drug-likeness (QED) is 0.577. The van der Waals surface area contributed by atoms with Crippen molar-refractivity contribution in [1.82, 2.24) is 0 Å². The maximum atomic E-state index is 12.6. The second-order valence-electron chi connectivity index (χ2n) is 7.34. The van der Waals surface area contributed by atoms with E-state index in [2.05, 4.69) is 11.4 Å². The fourth-order valence-electron chi connectivity index (χ4n) is 3.40. The van der Waals surface area contributed by atoms with E-state index in [1.54, 1.807) is 18.2 Å². The maximum Gasteiger partial charge on any atom is 0.311 e. The Balaban J connectivity index is 1.72. The molecule has 0 amide bonds. The number of allylic oxidation sites excluding steroid dienone is 1. The highest BCUT2D eigenvalue weighted by atomic mass is 35.5. The first-order chi connectivity index (χ1) is 13.3. The molecule has 0 spiro atoms. The molecule has 6 heteroatoms. The second kappa shape index (κ2) is 8.26. The van der Waals surface area contributed by atoms with E-state index in [0.29, 0.717) is 5.56 Å². The Morgan fingerprint density at radius 3 is 2.50 bits per heavy atom. The van der Waals surface area contributed by atoms with Crippen LogP contribution < -0.4 is 5.32 Å².